The van der Waals surface area contributed by atoms with E-state index in [1.54, 1.807) is 18.2 Å². The fraction of sp³-hybridized carbons (Fsp3) is 0.250. The highest BCUT2D eigenvalue weighted by atomic mass is 16.4. The van der Waals surface area contributed by atoms with Gasteiger partial charge < -0.3 is 14.4 Å². The summed E-state index contributed by atoms with van der Waals surface area (Å²) >= 11 is 0. The number of nitrogens with zero attached hydrogens (tertiary/aromatic N) is 2. The monoisotopic (exact) mass is 350 g/mol. The number of oxazole rings is 1. The Labute approximate surface area is 150 Å². The van der Waals surface area contributed by atoms with Crippen molar-refractivity contribution >= 4 is 28.7 Å². The number of hydrogen-bond donors (Lipinski definition) is 1. The summed E-state index contributed by atoms with van der Waals surface area (Å²) in [6, 6.07) is 13.3. The third-order valence-corrected chi connectivity index (χ3v) is 4.77. The Hall–Kier alpha value is -3.15. The summed E-state index contributed by atoms with van der Waals surface area (Å²) in [7, 11) is 0. The Morgan fingerprint density at radius 2 is 2.04 bits per heavy atom. The van der Waals surface area contributed by atoms with Gasteiger partial charge in [-0.05, 0) is 42.3 Å². The number of rotatable bonds is 4. The lowest BCUT2D eigenvalue weighted by atomic mass is 10.1. The van der Waals surface area contributed by atoms with Crippen LogP contribution in [0.5, 0.6) is 0 Å². The molecule has 0 radical (unpaired) electrons. The Balaban J connectivity index is 1.65. The first-order chi connectivity index (χ1) is 12.5. The van der Waals surface area contributed by atoms with E-state index in [2.05, 4.69) is 11.9 Å². The van der Waals surface area contributed by atoms with Crippen LogP contribution in [0, 0.1) is 5.92 Å². The summed E-state index contributed by atoms with van der Waals surface area (Å²) in [4.78, 5) is 29.3. The predicted molar refractivity (Wildman–Crippen MR) is 96.9 cm³/mol. The Bertz CT molecular complexity index is 991. The van der Waals surface area contributed by atoms with Crippen LogP contribution in [-0.4, -0.2) is 28.5 Å². The number of hydrogen-bond acceptors (Lipinski definition) is 4. The van der Waals surface area contributed by atoms with Gasteiger partial charge in [-0.1, -0.05) is 19.1 Å². The first kappa shape index (κ1) is 16.3. The first-order valence-corrected chi connectivity index (χ1v) is 8.58. The lowest BCUT2D eigenvalue weighted by molar-refractivity contribution is -0.141. The fourth-order valence-corrected chi connectivity index (χ4v) is 3.21. The Kier molecular flexibility index (Phi) is 3.95. The second-order valence-corrected chi connectivity index (χ2v) is 6.47. The number of carboxylic acid groups (broad SMARTS) is 1. The molecule has 1 fully saturated rings. The standard InChI is InChI=1S/C20H18N2O4/c1-2-12-3-5-13(6-4-12)19-21-16-10-15(7-8-17(16)26-19)22-11-14(20(24)25)9-18(22)23/h3-8,10,14H,2,9,11H2,1H3,(H,24,25)/t14-/m1/s1. The zero-order valence-corrected chi connectivity index (χ0v) is 14.3. The van der Waals surface area contributed by atoms with Gasteiger partial charge in [-0.3, -0.25) is 9.59 Å². The van der Waals surface area contributed by atoms with Crippen LogP contribution in [0.3, 0.4) is 0 Å². The van der Waals surface area contributed by atoms with E-state index in [9.17, 15) is 9.59 Å². The fourth-order valence-electron chi connectivity index (χ4n) is 3.21. The van der Waals surface area contributed by atoms with E-state index < -0.39 is 11.9 Å². The van der Waals surface area contributed by atoms with Crippen LogP contribution in [-0.2, 0) is 16.0 Å². The molecule has 132 valence electrons. The maximum atomic E-state index is 12.1. The highest BCUT2D eigenvalue weighted by Gasteiger charge is 2.35. The minimum absolute atomic E-state index is 0.0290. The number of benzene rings is 2. The van der Waals surface area contributed by atoms with Gasteiger partial charge in [0.15, 0.2) is 5.58 Å². The molecule has 0 saturated carbocycles. The van der Waals surface area contributed by atoms with Crippen molar-refractivity contribution in [3.63, 3.8) is 0 Å². The van der Waals surface area contributed by atoms with Gasteiger partial charge in [-0.25, -0.2) is 4.98 Å². The molecule has 1 saturated heterocycles. The van der Waals surface area contributed by atoms with Crippen molar-refractivity contribution < 1.29 is 19.1 Å². The van der Waals surface area contributed by atoms with Crippen LogP contribution < -0.4 is 4.90 Å². The van der Waals surface area contributed by atoms with Gasteiger partial charge >= 0.3 is 5.97 Å². The second-order valence-electron chi connectivity index (χ2n) is 6.47. The predicted octanol–water partition coefficient (Wildman–Crippen LogP) is 3.49. The maximum absolute atomic E-state index is 12.1. The highest BCUT2D eigenvalue weighted by Crippen LogP contribution is 2.30. The summed E-state index contributed by atoms with van der Waals surface area (Å²) in [6.45, 7) is 2.29. The number of fused-ring (bicyclic) bond motifs is 1. The Morgan fingerprint density at radius 3 is 2.69 bits per heavy atom. The molecule has 0 spiro atoms. The molecule has 2 aromatic carbocycles. The number of carboxylic acids is 1. The molecule has 2 heterocycles. The van der Waals surface area contributed by atoms with Crippen molar-refractivity contribution in [1.82, 2.24) is 4.98 Å². The van der Waals surface area contributed by atoms with Crippen molar-refractivity contribution in [1.29, 1.82) is 0 Å². The molecule has 0 aliphatic carbocycles. The average Bonchev–Trinajstić information content (AvgIpc) is 3.24. The van der Waals surface area contributed by atoms with Crippen molar-refractivity contribution in [3.8, 4) is 11.5 Å². The molecule has 4 rings (SSSR count). The van der Waals surface area contributed by atoms with Gasteiger partial charge in [0.25, 0.3) is 0 Å². The molecule has 1 amide bonds. The van der Waals surface area contributed by atoms with E-state index in [0.29, 0.717) is 22.7 Å². The molecule has 1 aliphatic heterocycles. The molecule has 6 heteroatoms. The van der Waals surface area contributed by atoms with Gasteiger partial charge in [0.05, 0.1) is 5.92 Å². The van der Waals surface area contributed by atoms with Crippen LogP contribution in [0.1, 0.15) is 18.9 Å². The van der Waals surface area contributed by atoms with Crippen molar-refractivity contribution in [3.05, 3.63) is 48.0 Å². The number of carbonyl (C=O) groups excluding carboxylic acids is 1. The van der Waals surface area contributed by atoms with Gasteiger partial charge in [-0.2, -0.15) is 0 Å². The number of aliphatic carboxylic acids is 1. The number of anilines is 1. The van der Waals surface area contributed by atoms with E-state index in [1.165, 1.54) is 10.5 Å². The molecular weight excluding hydrogens is 332 g/mol. The molecule has 0 bridgehead atoms. The number of amides is 1. The summed E-state index contributed by atoms with van der Waals surface area (Å²) in [5.74, 6) is -1.27. The molecule has 26 heavy (non-hydrogen) atoms. The largest absolute Gasteiger partial charge is 0.481 e. The molecular formula is C20H18N2O4. The van der Waals surface area contributed by atoms with E-state index in [0.717, 1.165) is 12.0 Å². The molecule has 1 aromatic heterocycles. The summed E-state index contributed by atoms with van der Waals surface area (Å²) in [5, 5.41) is 9.13. The molecule has 3 aromatic rings. The van der Waals surface area contributed by atoms with E-state index in [1.807, 2.05) is 24.3 Å². The van der Waals surface area contributed by atoms with Gasteiger partial charge in [-0.15, -0.1) is 0 Å². The van der Waals surface area contributed by atoms with E-state index in [4.69, 9.17) is 9.52 Å². The van der Waals surface area contributed by atoms with Gasteiger partial charge in [0.2, 0.25) is 11.8 Å². The highest BCUT2D eigenvalue weighted by molar-refractivity contribution is 6.00. The minimum Gasteiger partial charge on any atom is -0.481 e. The van der Waals surface area contributed by atoms with Gasteiger partial charge in [0.1, 0.15) is 5.52 Å². The third-order valence-electron chi connectivity index (χ3n) is 4.77. The van der Waals surface area contributed by atoms with E-state index >= 15 is 0 Å². The molecule has 0 unspecified atom stereocenters. The SMILES string of the molecule is CCc1ccc(-c2nc3cc(N4C[C@H](C(=O)O)CC4=O)ccc3o2)cc1. The second kappa shape index (κ2) is 6.29. The van der Waals surface area contributed by atoms with Gasteiger partial charge in [0, 0.05) is 24.2 Å². The van der Waals surface area contributed by atoms with E-state index in [-0.39, 0.29) is 18.9 Å². The normalized spacial score (nSPS) is 17.2. The van der Waals surface area contributed by atoms with Crippen molar-refractivity contribution in [2.24, 2.45) is 5.92 Å². The first-order valence-electron chi connectivity index (χ1n) is 8.58. The molecule has 1 N–H and O–H groups in total. The van der Waals surface area contributed by atoms with Crippen LogP contribution in [0.2, 0.25) is 0 Å². The Morgan fingerprint density at radius 1 is 1.27 bits per heavy atom. The zero-order valence-electron chi connectivity index (χ0n) is 14.3. The third kappa shape index (κ3) is 2.83. The molecule has 1 aliphatic rings. The topological polar surface area (TPSA) is 83.6 Å². The van der Waals surface area contributed by atoms with Crippen LogP contribution >= 0.6 is 0 Å². The quantitative estimate of drug-likeness (QED) is 0.779. The minimum atomic E-state index is -0.943. The number of aromatic nitrogens is 1. The summed E-state index contributed by atoms with van der Waals surface area (Å²) in [5.41, 5.74) is 4.05. The molecule has 1 atom stereocenters. The smallest absolute Gasteiger partial charge is 0.308 e. The number of aryl methyl sites for hydroxylation is 1. The lowest BCUT2D eigenvalue weighted by Gasteiger charge is -2.15. The van der Waals surface area contributed by atoms with Crippen molar-refractivity contribution in [2.75, 3.05) is 11.4 Å². The average molecular weight is 350 g/mol. The number of carbonyl (C=O) groups is 2. The maximum Gasteiger partial charge on any atom is 0.308 e. The molecule has 6 nitrogen and oxygen atoms in total. The van der Waals surface area contributed by atoms with Crippen LogP contribution in [0.4, 0.5) is 5.69 Å². The van der Waals surface area contributed by atoms with Crippen LogP contribution in [0.25, 0.3) is 22.6 Å². The summed E-state index contributed by atoms with van der Waals surface area (Å²) < 4.78 is 5.82. The zero-order chi connectivity index (χ0) is 18.3. The van der Waals surface area contributed by atoms with Crippen molar-refractivity contribution in [2.45, 2.75) is 19.8 Å². The summed E-state index contributed by atoms with van der Waals surface area (Å²) in [6.07, 6.45) is 1.000. The lowest BCUT2D eigenvalue weighted by Crippen LogP contribution is -2.25. The van der Waals surface area contributed by atoms with Crippen LogP contribution in [0.15, 0.2) is 46.9 Å².